The normalized spacial score (nSPS) is 18.6. The summed E-state index contributed by atoms with van der Waals surface area (Å²) in [6.45, 7) is 1.73. The Morgan fingerprint density at radius 2 is 1.43 bits per heavy atom. The Labute approximate surface area is 210 Å². The lowest BCUT2D eigenvalue weighted by Gasteiger charge is -2.29. The molecule has 1 saturated heterocycles. The van der Waals surface area contributed by atoms with Crippen LogP contribution in [0, 0.1) is 35.0 Å². The Bertz CT molecular complexity index is 1250. The molecule has 2 atom stereocenters. The van der Waals surface area contributed by atoms with Gasteiger partial charge in [-0.05, 0) is 79.0 Å². The summed E-state index contributed by atoms with van der Waals surface area (Å²) in [6, 6.07) is 9.90. The molecule has 0 spiro atoms. The van der Waals surface area contributed by atoms with Gasteiger partial charge in [0.1, 0.15) is 17.5 Å². The molecule has 1 nitrogen and oxygen atoms in total. The van der Waals surface area contributed by atoms with Gasteiger partial charge in [0.2, 0.25) is 0 Å². The summed E-state index contributed by atoms with van der Waals surface area (Å²) in [5.41, 5.74) is 0.924. The molecule has 0 aromatic heterocycles. The summed E-state index contributed by atoms with van der Waals surface area (Å²) >= 11 is 0. The van der Waals surface area contributed by atoms with Crippen molar-refractivity contribution in [3.8, 4) is 11.1 Å². The van der Waals surface area contributed by atoms with Crippen LogP contribution < -0.4 is 0 Å². The van der Waals surface area contributed by atoms with Crippen molar-refractivity contribution < 1.29 is 35.5 Å². The summed E-state index contributed by atoms with van der Waals surface area (Å²) in [4.78, 5) is 0. The smallest absolute Gasteiger partial charge is 0.194 e. The number of hydrogen-bond donors (Lipinski definition) is 0. The zero-order valence-corrected chi connectivity index (χ0v) is 20.1. The SMILES string of the molecule is CCC(F)=C(F)c1ccc(-c2cc(F)c(CCC3CCC(c4cc(F)c(F)c(F)c4)OC3)c(F)c2)cc1. The molecule has 0 amide bonds. The van der Waals surface area contributed by atoms with E-state index < -0.39 is 46.8 Å². The maximum absolute atomic E-state index is 14.8. The van der Waals surface area contributed by atoms with Gasteiger partial charge < -0.3 is 4.74 Å². The Morgan fingerprint density at radius 1 is 0.811 bits per heavy atom. The van der Waals surface area contributed by atoms with Gasteiger partial charge in [0.15, 0.2) is 23.3 Å². The Hall–Kier alpha value is -3.13. The summed E-state index contributed by atoms with van der Waals surface area (Å²) < 4.78 is 103. The van der Waals surface area contributed by atoms with Crippen LogP contribution in [0.15, 0.2) is 54.4 Å². The van der Waals surface area contributed by atoms with E-state index in [0.29, 0.717) is 24.8 Å². The van der Waals surface area contributed by atoms with Gasteiger partial charge in [-0.3, -0.25) is 0 Å². The largest absolute Gasteiger partial charge is 0.373 e. The maximum atomic E-state index is 14.8. The second-order valence-corrected chi connectivity index (χ2v) is 9.17. The first-order valence-electron chi connectivity index (χ1n) is 12.1. The minimum atomic E-state index is -1.53. The van der Waals surface area contributed by atoms with Crippen LogP contribution in [0.25, 0.3) is 17.0 Å². The van der Waals surface area contributed by atoms with Gasteiger partial charge in [-0.25, -0.2) is 30.7 Å². The Kier molecular flexibility index (Phi) is 8.37. The Morgan fingerprint density at radius 3 is 1.97 bits per heavy atom. The molecule has 1 aliphatic heterocycles. The zero-order chi connectivity index (χ0) is 26.7. The van der Waals surface area contributed by atoms with Crippen molar-refractivity contribution in [2.75, 3.05) is 6.61 Å². The number of benzene rings is 3. The third-order valence-corrected chi connectivity index (χ3v) is 6.71. The van der Waals surface area contributed by atoms with Crippen molar-refractivity contribution in [3.63, 3.8) is 0 Å². The number of ether oxygens (including phenoxy) is 1. The van der Waals surface area contributed by atoms with Crippen molar-refractivity contribution in [1.29, 1.82) is 0 Å². The third kappa shape index (κ3) is 6.06. The van der Waals surface area contributed by atoms with E-state index in [2.05, 4.69) is 0 Å². The number of hydrogen-bond acceptors (Lipinski definition) is 1. The van der Waals surface area contributed by atoms with Crippen LogP contribution >= 0.6 is 0 Å². The molecule has 4 rings (SSSR count). The molecule has 8 heteroatoms. The standard InChI is InChI=1S/C29H25F7O/c1-2-22(30)28(35)18-7-5-17(6-8-18)19-11-23(31)21(24(32)12-19)9-3-16-4-10-27(37-15-16)20-13-25(33)29(36)26(34)14-20/h5-8,11-14,16,27H,2-4,9-10,15H2,1H3. The van der Waals surface area contributed by atoms with Crippen LogP contribution in [0.2, 0.25) is 0 Å². The van der Waals surface area contributed by atoms with Crippen LogP contribution in [0.4, 0.5) is 30.7 Å². The quantitative estimate of drug-likeness (QED) is 0.222. The number of rotatable bonds is 7. The van der Waals surface area contributed by atoms with E-state index in [-0.39, 0.29) is 47.6 Å². The van der Waals surface area contributed by atoms with Crippen LogP contribution in [0.1, 0.15) is 55.4 Å². The predicted octanol–water partition coefficient (Wildman–Crippen LogP) is 9.17. The van der Waals surface area contributed by atoms with E-state index in [1.165, 1.54) is 43.3 Å². The molecular weight excluding hydrogens is 497 g/mol. The first-order chi connectivity index (χ1) is 17.7. The first-order valence-corrected chi connectivity index (χ1v) is 12.1. The van der Waals surface area contributed by atoms with Gasteiger partial charge in [0.25, 0.3) is 0 Å². The van der Waals surface area contributed by atoms with Crippen LogP contribution in [0.3, 0.4) is 0 Å². The molecule has 0 aliphatic carbocycles. The fraction of sp³-hybridized carbons (Fsp3) is 0.310. The van der Waals surface area contributed by atoms with E-state index in [4.69, 9.17) is 4.74 Å². The van der Waals surface area contributed by atoms with Crippen molar-refractivity contribution in [2.24, 2.45) is 5.92 Å². The van der Waals surface area contributed by atoms with E-state index in [1.807, 2.05) is 0 Å². The van der Waals surface area contributed by atoms with Crippen LogP contribution in [-0.4, -0.2) is 6.61 Å². The van der Waals surface area contributed by atoms with Crippen molar-refractivity contribution in [2.45, 2.75) is 45.1 Å². The summed E-state index contributed by atoms with van der Waals surface area (Å²) in [5.74, 6) is -7.35. The highest BCUT2D eigenvalue weighted by Gasteiger charge is 2.26. The molecule has 0 saturated carbocycles. The molecule has 0 radical (unpaired) electrons. The van der Waals surface area contributed by atoms with Crippen molar-refractivity contribution in [3.05, 3.63) is 100 Å². The predicted molar refractivity (Wildman–Crippen MR) is 127 cm³/mol. The minimum absolute atomic E-state index is 0.0103. The second-order valence-electron chi connectivity index (χ2n) is 9.17. The summed E-state index contributed by atoms with van der Waals surface area (Å²) in [7, 11) is 0. The zero-order valence-electron chi connectivity index (χ0n) is 20.1. The average molecular weight is 523 g/mol. The van der Waals surface area contributed by atoms with E-state index in [1.54, 1.807) is 0 Å². The van der Waals surface area contributed by atoms with Crippen molar-refractivity contribution in [1.82, 2.24) is 0 Å². The maximum Gasteiger partial charge on any atom is 0.194 e. The molecule has 3 aromatic rings. The van der Waals surface area contributed by atoms with Crippen LogP contribution in [-0.2, 0) is 11.2 Å². The highest BCUT2D eigenvalue weighted by atomic mass is 19.2. The van der Waals surface area contributed by atoms with Crippen molar-refractivity contribution >= 4 is 5.83 Å². The highest BCUT2D eigenvalue weighted by molar-refractivity contribution is 5.68. The molecule has 3 aromatic carbocycles. The summed E-state index contributed by atoms with van der Waals surface area (Å²) in [6.07, 6.45) is 0.960. The molecule has 37 heavy (non-hydrogen) atoms. The fourth-order valence-electron chi connectivity index (χ4n) is 4.54. The monoisotopic (exact) mass is 522 g/mol. The lowest BCUT2D eigenvalue weighted by atomic mass is 9.89. The van der Waals surface area contributed by atoms with Gasteiger partial charge in [-0.15, -0.1) is 0 Å². The van der Waals surface area contributed by atoms with E-state index >= 15 is 0 Å². The molecule has 196 valence electrons. The lowest BCUT2D eigenvalue weighted by molar-refractivity contribution is -0.0196. The third-order valence-electron chi connectivity index (χ3n) is 6.71. The van der Waals surface area contributed by atoms with Gasteiger partial charge in [0.05, 0.1) is 12.7 Å². The molecule has 0 bridgehead atoms. The molecule has 1 heterocycles. The van der Waals surface area contributed by atoms with Gasteiger partial charge in [0, 0.05) is 11.1 Å². The highest BCUT2D eigenvalue weighted by Crippen LogP contribution is 2.35. The molecule has 1 aliphatic rings. The summed E-state index contributed by atoms with van der Waals surface area (Å²) in [5, 5.41) is 0. The van der Waals surface area contributed by atoms with Gasteiger partial charge in [-0.1, -0.05) is 31.2 Å². The first kappa shape index (κ1) is 26.9. The van der Waals surface area contributed by atoms with Gasteiger partial charge in [-0.2, -0.15) is 0 Å². The van der Waals surface area contributed by atoms with Crippen LogP contribution in [0.5, 0.6) is 0 Å². The molecular formula is C29H25F7O. The number of halogens is 7. The molecule has 2 unspecified atom stereocenters. The minimum Gasteiger partial charge on any atom is -0.373 e. The van der Waals surface area contributed by atoms with E-state index in [0.717, 1.165) is 12.1 Å². The number of allylic oxidation sites excluding steroid dienone is 1. The Balaban J connectivity index is 1.38. The lowest BCUT2D eigenvalue weighted by Crippen LogP contribution is -2.22. The van der Waals surface area contributed by atoms with Gasteiger partial charge >= 0.3 is 0 Å². The topological polar surface area (TPSA) is 9.23 Å². The second kappa shape index (κ2) is 11.5. The molecule has 1 fully saturated rings. The molecule has 0 N–H and O–H groups in total. The fourth-order valence-corrected chi connectivity index (χ4v) is 4.54. The van der Waals surface area contributed by atoms with E-state index in [9.17, 15) is 30.7 Å². The average Bonchev–Trinajstić information content (AvgIpc) is 2.90.